The summed E-state index contributed by atoms with van der Waals surface area (Å²) in [5.41, 5.74) is 9.79. The van der Waals surface area contributed by atoms with Crippen LogP contribution in [0.3, 0.4) is 0 Å². The van der Waals surface area contributed by atoms with Gasteiger partial charge in [-0.1, -0.05) is 54.6 Å². The highest BCUT2D eigenvalue weighted by molar-refractivity contribution is 7.80. The van der Waals surface area contributed by atoms with Crippen molar-refractivity contribution in [3.63, 3.8) is 0 Å². The number of phenols is 1. The van der Waals surface area contributed by atoms with Crippen molar-refractivity contribution in [2.75, 3.05) is 6.61 Å². The number of carbonyl (C=O) groups is 1. The van der Waals surface area contributed by atoms with Crippen LogP contribution in [0.2, 0.25) is 0 Å². The van der Waals surface area contributed by atoms with E-state index in [-0.39, 0.29) is 18.3 Å². The highest BCUT2D eigenvalue weighted by atomic mass is 32.1. The van der Waals surface area contributed by atoms with Crippen LogP contribution in [0.4, 0.5) is 0 Å². The van der Waals surface area contributed by atoms with E-state index in [1.165, 1.54) is 57.2 Å². The van der Waals surface area contributed by atoms with Crippen molar-refractivity contribution < 1.29 is 14.6 Å². The van der Waals surface area contributed by atoms with Crippen molar-refractivity contribution in [3.05, 3.63) is 112 Å². The molecule has 8 rings (SSSR count). The molecule has 0 bridgehead atoms. The number of aromatic hydroxyl groups is 1. The lowest BCUT2D eigenvalue weighted by Crippen LogP contribution is -2.51. The van der Waals surface area contributed by atoms with Crippen LogP contribution in [0, 0.1) is 0 Å². The molecule has 48 heavy (non-hydrogen) atoms. The minimum atomic E-state index is -0.635. The molecule has 0 radical (unpaired) electrons. The zero-order valence-corrected chi connectivity index (χ0v) is 28.6. The molecular formula is C40H42N4O3S. The quantitative estimate of drug-likeness (QED) is 0.141. The Morgan fingerprint density at radius 2 is 1.33 bits per heavy atom. The zero-order chi connectivity index (χ0) is 32.9. The molecule has 2 aromatic heterocycles. The zero-order valence-electron chi connectivity index (χ0n) is 27.7. The number of phenolic OH excluding ortho intramolecular Hbond substituents is 1. The third-order valence-corrected chi connectivity index (χ3v) is 11.2. The van der Waals surface area contributed by atoms with Crippen molar-refractivity contribution in [2.45, 2.75) is 84.6 Å². The number of benzene rings is 3. The number of thiocarbonyl (C=S) groups is 1. The Kier molecular flexibility index (Phi) is 7.99. The number of fused-ring (bicyclic) bond motifs is 6. The first kappa shape index (κ1) is 30.8. The van der Waals surface area contributed by atoms with Crippen LogP contribution in [0.15, 0.2) is 84.1 Å². The summed E-state index contributed by atoms with van der Waals surface area (Å²) in [6.07, 6.45) is 8.82. The molecular weight excluding hydrogens is 617 g/mol. The van der Waals surface area contributed by atoms with Crippen LogP contribution >= 0.6 is 12.2 Å². The Morgan fingerprint density at radius 3 is 1.94 bits per heavy atom. The van der Waals surface area contributed by atoms with Gasteiger partial charge in [0.2, 0.25) is 0 Å². The Balaban J connectivity index is 1.33. The van der Waals surface area contributed by atoms with E-state index in [2.05, 4.69) is 67.5 Å². The molecule has 1 N–H and O–H groups in total. The highest BCUT2D eigenvalue weighted by Crippen LogP contribution is 2.43. The first-order valence-corrected chi connectivity index (χ1v) is 17.8. The number of rotatable bonds is 7. The summed E-state index contributed by atoms with van der Waals surface area (Å²) in [5, 5.41) is 14.5. The summed E-state index contributed by atoms with van der Waals surface area (Å²) in [6.45, 7) is 4.98. The topological polar surface area (TPSA) is 62.9 Å². The van der Waals surface area contributed by atoms with Crippen LogP contribution in [0.25, 0.3) is 21.8 Å². The monoisotopic (exact) mass is 658 g/mol. The van der Waals surface area contributed by atoms with Crippen molar-refractivity contribution in [1.82, 2.24) is 18.9 Å². The minimum absolute atomic E-state index is 0.128. The summed E-state index contributed by atoms with van der Waals surface area (Å²) >= 11 is 6.51. The van der Waals surface area contributed by atoms with E-state index in [0.717, 1.165) is 44.2 Å². The SMILES string of the molecule is CCOC(=O)C1=C(C)N(Cn2c3c(c4ccccc42)CCCC3)C(=S)N(Cn2c3c(c4ccccc42)CCCC3)C1c1ccccc1O. The minimum Gasteiger partial charge on any atom is -0.508 e. The van der Waals surface area contributed by atoms with Crippen LogP contribution in [-0.4, -0.2) is 41.7 Å². The number of para-hydroxylation sites is 3. The molecule has 0 saturated carbocycles. The van der Waals surface area contributed by atoms with Gasteiger partial charge in [-0.2, -0.15) is 0 Å². The van der Waals surface area contributed by atoms with E-state index >= 15 is 0 Å². The van der Waals surface area contributed by atoms with Crippen LogP contribution in [-0.2, 0) is 48.6 Å². The fraction of sp³-hybridized carbons (Fsp3) is 0.350. The second kappa shape index (κ2) is 12.5. The molecule has 3 aromatic carbocycles. The average Bonchev–Trinajstić information content (AvgIpc) is 3.60. The third kappa shape index (κ3) is 4.91. The summed E-state index contributed by atoms with van der Waals surface area (Å²) in [7, 11) is 0. The Labute approximate surface area is 287 Å². The van der Waals surface area contributed by atoms with Crippen LogP contribution < -0.4 is 0 Å². The fourth-order valence-corrected chi connectivity index (χ4v) is 8.88. The van der Waals surface area contributed by atoms with Crippen LogP contribution in [0.5, 0.6) is 5.75 Å². The molecule has 3 aliphatic rings. The lowest BCUT2D eigenvalue weighted by Gasteiger charge is -2.46. The van der Waals surface area contributed by atoms with Gasteiger partial charge in [-0.25, -0.2) is 4.79 Å². The predicted octanol–water partition coefficient (Wildman–Crippen LogP) is 8.16. The predicted molar refractivity (Wildman–Crippen MR) is 194 cm³/mol. The summed E-state index contributed by atoms with van der Waals surface area (Å²) in [4.78, 5) is 18.4. The molecule has 1 atom stereocenters. The number of aryl methyl sites for hydroxylation is 2. The fourth-order valence-electron chi connectivity index (χ4n) is 8.52. The second-order valence-electron chi connectivity index (χ2n) is 13.3. The number of nitrogens with zero attached hydrogens (tertiary/aromatic N) is 4. The standard InChI is InChI=1S/C40H42N4O3S/c1-3-47-39(46)37-26(2)41(24-42-32-19-9-4-14-27(32)28-15-5-10-20-33(28)42)40(48)44(38(37)31-18-8-13-23-36(31)45)25-43-34-21-11-6-16-29(34)30-17-7-12-22-35(30)43/h4,6,8-9,11,13-14,16,18-19,21,23,38,45H,3,5,7,10,12,15,17,20,22,24-25H2,1-2H3. The van der Waals surface area contributed by atoms with Crippen molar-refractivity contribution >= 4 is 45.1 Å². The second-order valence-corrected chi connectivity index (χ2v) is 13.7. The third-order valence-electron chi connectivity index (χ3n) is 10.7. The Morgan fingerprint density at radius 1 is 0.792 bits per heavy atom. The lowest BCUT2D eigenvalue weighted by molar-refractivity contribution is -0.139. The van der Waals surface area contributed by atoms with E-state index in [4.69, 9.17) is 17.0 Å². The van der Waals surface area contributed by atoms with Crippen molar-refractivity contribution in [3.8, 4) is 5.75 Å². The number of ether oxygens (including phenoxy) is 1. The summed E-state index contributed by atoms with van der Waals surface area (Å²) in [5.74, 6) is -0.261. The van der Waals surface area contributed by atoms with Gasteiger partial charge in [0.15, 0.2) is 5.11 Å². The number of aromatic nitrogens is 2. The average molecular weight is 659 g/mol. The van der Waals surface area contributed by atoms with E-state index in [0.29, 0.717) is 29.6 Å². The molecule has 2 aliphatic carbocycles. The molecule has 0 saturated heterocycles. The number of allylic oxidation sites excluding steroid dienone is 1. The van der Waals surface area contributed by atoms with Crippen molar-refractivity contribution in [1.29, 1.82) is 0 Å². The number of hydrogen-bond donors (Lipinski definition) is 1. The number of carbonyl (C=O) groups excluding carboxylic acids is 1. The molecule has 0 fully saturated rings. The van der Waals surface area contributed by atoms with Gasteiger partial charge >= 0.3 is 5.97 Å². The van der Waals surface area contributed by atoms with Gasteiger partial charge in [-0.3, -0.25) is 0 Å². The van der Waals surface area contributed by atoms with E-state index in [1.807, 2.05) is 32.0 Å². The number of hydrogen-bond acceptors (Lipinski definition) is 4. The maximum absolute atomic E-state index is 14.1. The van der Waals surface area contributed by atoms with Crippen LogP contribution in [0.1, 0.15) is 73.7 Å². The van der Waals surface area contributed by atoms with Gasteiger partial charge in [0.05, 0.1) is 35.9 Å². The smallest absolute Gasteiger partial charge is 0.338 e. The molecule has 1 aliphatic heterocycles. The maximum atomic E-state index is 14.1. The van der Waals surface area contributed by atoms with Gasteiger partial charge < -0.3 is 28.8 Å². The Bertz CT molecular complexity index is 2110. The van der Waals surface area contributed by atoms with Gasteiger partial charge in [0.1, 0.15) is 12.4 Å². The van der Waals surface area contributed by atoms with E-state index < -0.39 is 6.04 Å². The van der Waals surface area contributed by atoms with Crippen molar-refractivity contribution in [2.24, 2.45) is 0 Å². The van der Waals surface area contributed by atoms with Gasteiger partial charge in [0, 0.05) is 33.4 Å². The van der Waals surface area contributed by atoms with E-state index in [9.17, 15) is 9.90 Å². The lowest BCUT2D eigenvalue weighted by atomic mass is 9.92. The molecule has 0 amide bonds. The first-order chi connectivity index (χ1) is 23.5. The Hall–Kier alpha value is -4.56. The highest BCUT2D eigenvalue weighted by Gasteiger charge is 2.42. The van der Waals surface area contributed by atoms with E-state index in [1.54, 1.807) is 6.07 Å². The maximum Gasteiger partial charge on any atom is 0.338 e. The molecule has 1 unspecified atom stereocenters. The largest absolute Gasteiger partial charge is 0.508 e. The molecule has 7 nitrogen and oxygen atoms in total. The molecule has 5 aromatic rings. The molecule has 246 valence electrons. The van der Waals surface area contributed by atoms with Gasteiger partial charge in [0.25, 0.3) is 0 Å². The first-order valence-electron chi connectivity index (χ1n) is 17.4. The number of esters is 1. The molecule has 3 heterocycles. The van der Waals surface area contributed by atoms with Gasteiger partial charge in [-0.05, 0) is 107 Å². The normalized spacial score (nSPS) is 18.0. The molecule has 0 spiro atoms. The summed E-state index contributed by atoms with van der Waals surface area (Å²) < 4.78 is 10.6. The molecule has 8 heteroatoms. The summed E-state index contributed by atoms with van der Waals surface area (Å²) in [6, 6.07) is 24.0. The van der Waals surface area contributed by atoms with Gasteiger partial charge in [-0.15, -0.1) is 0 Å².